The van der Waals surface area contributed by atoms with Crippen molar-refractivity contribution in [3.8, 4) is 11.3 Å². The lowest BCUT2D eigenvalue weighted by Crippen LogP contribution is -2.30. The van der Waals surface area contributed by atoms with Crippen LogP contribution in [0.15, 0.2) is 64.1 Å². The van der Waals surface area contributed by atoms with E-state index in [0.29, 0.717) is 26.9 Å². The molecule has 4 aromatic rings. The van der Waals surface area contributed by atoms with Gasteiger partial charge in [0, 0.05) is 25.8 Å². The Morgan fingerprint density at radius 2 is 1.76 bits per heavy atom. The van der Waals surface area contributed by atoms with Crippen molar-refractivity contribution in [1.82, 2.24) is 19.4 Å². The summed E-state index contributed by atoms with van der Waals surface area (Å²) in [5, 5.41) is 11.8. The molecule has 0 aliphatic carbocycles. The molecule has 2 aromatic carbocycles. The lowest BCUT2D eigenvalue weighted by molar-refractivity contribution is -0.117. The molecule has 10 heteroatoms. The van der Waals surface area contributed by atoms with E-state index >= 15 is 0 Å². The number of amides is 1. The third kappa shape index (κ3) is 4.34. The van der Waals surface area contributed by atoms with E-state index in [1.807, 2.05) is 24.3 Å². The molecule has 1 N–H and O–H groups in total. The molecule has 2 heterocycles. The van der Waals surface area contributed by atoms with Crippen molar-refractivity contribution in [3.05, 3.63) is 79.7 Å². The largest absolute Gasteiger partial charge is 0.324 e. The zero-order valence-electron chi connectivity index (χ0n) is 14.6. The first kappa shape index (κ1) is 19.6. The van der Waals surface area contributed by atoms with Gasteiger partial charge >= 0.3 is 0 Å². The summed E-state index contributed by atoms with van der Waals surface area (Å²) in [5.41, 5.74) is 1.81. The number of nitrogens with one attached hydrogen (secondary N) is 1. The summed E-state index contributed by atoms with van der Waals surface area (Å²) in [4.78, 5) is 25.1. The highest BCUT2D eigenvalue weighted by molar-refractivity contribution is 9.10. The molecule has 0 unspecified atom stereocenters. The second-order valence-corrected chi connectivity index (χ2v) is 7.95. The standard InChI is InChI=1S/C19H12BrCl2N5O2/c20-12-3-1-11(2-4-12)16-8-17-19(29)26(23-10-27(17)25-16)9-18(28)24-15-6-13(21)5-14(22)7-15/h1-8,10H,9H2,(H,24,28). The Bertz CT molecular complexity index is 1260. The average Bonchev–Trinajstić information content (AvgIpc) is 3.09. The third-order valence-corrected chi connectivity index (χ3v) is 5.03. The summed E-state index contributed by atoms with van der Waals surface area (Å²) < 4.78 is 3.41. The summed E-state index contributed by atoms with van der Waals surface area (Å²) in [6, 6.07) is 13.9. The molecular weight excluding hydrogens is 481 g/mol. The molecule has 0 atom stereocenters. The number of aromatic nitrogens is 4. The minimum atomic E-state index is -0.435. The number of hydrogen-bond acceptors (Lipinski definition) is 4. The van der Waals surface area contributed by atoms with Crippen molar-refractivity contribution in [2.75, 3.05) is 5.32 Å². The van der Waals surface area contributed by atoms with Gasteiger partial charge in [-0.05, 0) is 36.4 Å². The van der Waals surface area contributed by atoms with E-state index in [1.165, 1.54) is 10.8 Å². The van der Waals surface area contributed by atoms with Crippen LogP contribution in [0.3, 0.4) is 0 Å². The summed E-state index contributed by atoms with van der Waals surface area (Å²) in [7, 11) is 0. The van der Waals surface area contributed by atoms with Gasteiger partial charge in [0.05, 0.1) is 5.69 Å². The van der Waals surface area contributed by atoms with Crippen LogP contribution in [0.1, 0.15) is 0 Å². The molecule has 0 aliphatic heterocycles. The Morgan fingerprint density at radius 1 is 1.07 bits per heavy atom. The number of carbonyl (C=O) groups is 1. The van der Waals surface area contributed by atoms with Crippen LogP contribution >= 0.6 is 39.1 Å². The molecule has 0 saturated heterocycles. The molecule has 1 amide bonds. The fraction of sp³-hybridized carbons (Fsp3) is 0.0526. The maximum absolute atomic E-state index is 12.7. The fourth-order valence-electron chi connectivity index (χ4n) is 2.77. The monoisotopic (exact) mass is 491 g/mol. The predicted molar refractivity (Wildman–Crippen MR) is 115 cm³/mol. The van der Waals surface area contributed by atoms with Crippen LogP contribution < -0.4 is 10.9 Å². The van der Waals surface area contributed by atoms with Gasteiger partial charge in [-0.3, -0.25) is 9.59 Å². The second kappa shape index (κ2) is 7.98. The van der Waals surface area contributed by atoms with Gasteiger partial charge in [-0.1, -0.05) is 51.3 Å². The topological polar surface area (TPSA) is 81.3 Å². The second-order valence-electron chi connectivity index (χ2n) is 6.17. The maximum Gasteiger partial charge on any atom is 0.293 e. The number of halogens is 3. The zero-order valence-corrected chi connectivity index (χ0v) is 17.7. The highest BCUT2D eigenvalue weighted by Gasteiger charge is 2.13. The van der Waals surface area contributed by atoms with E-state index in [4.69, 9.17) is 23.2 Å². The SMILES string of the molecule is O=C(Cn1ncn2nc(-c3ccc(Br)cc3)cc2c1=O)Nc1cc(Cl)cc(Cl)c1. The van der Waals surface area contributed by atoms with E-state index in [0.717, 1.165) is 14.7 Å². The Balaban J connectivity index is 1.59. The molecule has 7 nitrogen and oxygen atoms in total. The smallest absolute Gasteiger partial charge is 0.293 e. The number of anilines is 1. The number of benzene rings is 2. The first-order valence-electron chi connectivity index (χ1n) is 8.36. The highest BCUT2D eigenvalue weighted by Crippen LogP contribution is 2.23. The number of nitrogens with zero attached hydrogens (tertiary/aromatic N) is 4. The number of carbonyl (C=O) groups excluding carboxylic acids is 1. The van der Waals surface area contributed by atoms with Crippen molar-refractivity contribution in [2.45, 2.75) is 6.54 Å². The summed E-state index contributed by atoms with van der Waals surface area (Å²) in [5.74, 6) is -0.435. The van der Waals surface area contributed by atoms with E-state index in [9.17, 15) is 9.59 Å². The van der Waals surface area contributed by atoms with Crippen LogP contribution in [0.4, 0.5) is 5.69 Å². The van der Waals surface area contributed by atoms with Crippen molar-refractivity contribution in [1.29, 1.82) is 0 Å². The fourth-order valence-corrected chi connectivity index (χ4v) is 3.57. The zero-order chi connectivity index (χ0) is 20.5. The molecule has 0 saturated carbocycles. The molecule has 2 aromatic heterocycles. The maximum atomic E-state index is 12.7. The van der Waals surface area contributed by atoms with Crippen LogP contribution in [0.2, 0.25) is 10.0 Å². The minimum absolute atomic E-state index is 0.266. The number of hydrogen-bond donors (Lipinski definition) is 1. The molecule has 0 fully saturated rings. The molecule has 0 spiro atoms. The Labute approximate surface area is 183 Å². The van der Waals surface area contributed by atoms with Gasteiger partial charge in [-0.2, -0.15) is 10.2 Å². The average molecular weight is 493 g/mol. The van der Waals surface area contributed by atoms with Crippen molar-refractivity contribution >= 4 is 56.2 Å². The number of rotatable bonds is 4. The molecule has 0 aliphatic rings. The molecule has 29 heavy (non-hydrogen) atoms. The molecule has 0 radical (unpaired) electrons. The first-order chi connectivity index (χ1) is 13.9. The molecule has 146 valence electrons. The molecule has 4 rings (SSSR count). The van der Waals surface area contributed by atoms with Gasteiger partial charge in [-0.25, -0.2) is 9.20 Å². The number of fused-ring (bicyclic) bond motifs is 1. The lowest BCUT2D eigenvalue weighted by atomic mass is 10.1. The van der Waals surface area contributed by atoms with Crippen molar-refractivity contribution in [2.24, 2.45) is 0 Å². The summed E-state index contributed by atoms with van der Waals surface area (Å²) in [6.07, 6.45) is 1.39. The minimum Gasteiger partial charge on any atom is -0.324 e. The van der Waals surface area contributed by atoms with Gasteiger partial charge in [0.1, 0.15) is 18.4 Å². The normalized spacial score (nSPS) is 11.0. The van der Waals surface area contributed by atoms with E-state index in [1.54, 1.807) is 24.3 Å². The summed E-state index contributed by atoms with van der Waals surface area (Å²) >= 11 is 15.2. The Hall–Kier alpha value is -2.68. The predicted octanol–water partition coefficient (Wildman–Crippen LogP) is 4.27. The van der Waals surface area contributed by atoms with Gasteiger partial charge in [0.25, 0.3) is 5.56 Å². The van der Waals surface area contributed by atoms with Crippen LogP contribution in [0, 0.1) is 0 Å². The molecular formula is C19H12BrCl2N5O2. The Morgan fingerprint density at radius 3 is 2.45 bits per heavy atom. The highest BCUT2D eigenvalue weighted by atomic mass is 79.9. The van der Waals surface area contributed by atoms with Gasteiger partial charge in [0.15, 0.2) is 0 Å². The van der Waals surface area contributed by atoms with E-state index in [2.05, 4.69) is 31.4 Å². The van der Waals surface area contributed by atoms with Crippen LogP contribution in [-0.4, -0.2) is 25.3 Å². The van der Waals surface area contributed by atoms with Crippen molar-refractivity contribution < 1.29 is 4.79 Å². The van der Waals surface area contributed by atoms with Gasteiger partial charge in [-0.15, -0.1) is 0 Å². The van der Waals surface area contributed by atoms with Crippen molar-refractivity contribution in [3.63, 3.8) is 0 Å². The Kier molecular flexibility index (Phi) is 5.40. The van der Waals surface area contributed by atoms with E-state index in [-0.39, 0.29) is 6.54 Å². The van der Waals surface area contributed by atoms with E-state index < -0.39 is 11.5 Å². The summed E-state index contributed by atoms with van der Waals surface area (Å²) in [6.45, 7) is -0.266. The lowest BCUT2D eigenvalue weighted by Gasteiger charge is -2.07. The first-order valence-corrected chi connectivity index (χ1v) is 9.91. The van der Waals surface area contributed by atoms with Gasteiger partial charge in [0.2, 0.25) is 5.91 Å². The van der Waals surface area contributed by atoms with Crippen LogP contribution in [-0.2, 0) is 11.3 Å². The van der Waals surface area contributed by atoms with Crippen LogP contribution in [0.25, 0.3) is 16.8 Å². The molecule has 0 bridgehead atoms. The third-order valence-electron chi connectivity index (χ3n) is 4.07. The quantitative estimate of drug-likeness (QED) is 0.461. The van der Waals surface area contributed by atoms with Crippen LogP contribution in [0.5, 0.6) is 0 Å². The van der Waals surface area contributed by atoms with Gasteiger partial charge < -0.3 is 5.32 Å².